The lowest BCUT2D eigenvalue weighted by molar-refractivity contribution is -0.127. The number of hydrogen-bond donors (Lipinski definition) is 1. The number of aromatic nitrogens is 1. The van der Waals surface area contributed by atoms with Gasteiger partial charge in [-0.2, -0.15) is 0 Å². The van der Waals surface area contributed by atoms with Crippen molar-refractivity contribution >= 4 is 34.9 Å². The van der Waals surface area contributed by atoms with Gasteiger partial charge in [-0.1, -0.05) is 18.2 Å². The van der Waals surface area contributed by atoms with Crippen LogP contribution in [-0.2, 0) is 9.59 Å². The largest absolute Gasteiger partial charge is 0.368 e. The maximum absolute atomic E-state index is 12.3. The Kier molecular flexibility index (Phi) is 4.50. The molecule has 1 aliphatic rings. The Bertz CT molecular complexity index is 900. The number of para-hydroxylation sites is 1. The number of rotatable bonds is 4. The van der Waals surface area contributed by atoms with E-state index in [0.29, 0.717) is 4.91 Å². The van der Waals surface area contributed by atoms with Gasteiger partial charge in [0, 0.05) is 17.1 Å². The van der Waals surface area contributed by atoms with E-state index in [1.165, 1.54) is 0 Å². The number of carbonyl (C=O) groups excluding carboxylic acids is 3. The van der Waals surface area contributed by atoms with E-state index in [-0.39, 0.29) is 0 Å². The fraction of sp³-hybridized carbons (Fsp3) is 0.167. The third kappa shape index (κ3) is 3.23. The summed E-state index contributed by atoms with van der Waals surface area (Å²) >= 11 is 0.820. The van der Waals surface area contributed by atoms with Crippen LogP contribution in [0.1, 0.15) is 17.0 Å². The molecule has 0 bridgehead atoms. The molecular weight excluding hydrogens is 338 g/mol. The smallest absolute Gasteiger partial charge is 0.294 e. The number of carbonyl (C=O) groups is 3. The van der Waals surface area contributed by atoms with E-state index < -0.39 is 23.6 Å². The maximum atomic E-state index is 12.3. The van der Waals surface area contributed by atoms with Crippen LogP contribution in [0.25, 0.3) is 11.8 Å². The van der Waals surface area contributed by atoms with Gasteiger partial charge in [0.25, 0.3) is 11.1 Å². The van der Waals surface area contributed by atoms with E-state index in [4.69, 9.17) is 5.73 Å². The number of hydrogen-bond acceptors (Lipinski definition) is 4. The standard InChI is InChI=1S/C18H17N3O3S/c1-11-8-13(12(2)21(11)14-6-4-3-5-7-14)9-15-17(23)20(10-16(19)22)18(24)25-15/h3-9H,10H2,1-2H3,(H2,19,22)/b15-9-. The highest BCUT2D eigenvalue weighted by Gasteiger charge is 2.36. The van der Waals surface area contributed by atoms with Crippen molar-refractivity contribution in [3.63, 3.8) is 0 Å². The maximum Gasteiger partial charge on any atom is 0.294 e. The predicted molar refractivity (Wildman–Crippen MR) is 97.1 cm³/mol. The summed E-state index contributed by atoms with van der Waals surface area (Å²) in [6, 6.07) is 11.8. The Balaban J connectivity index is 1.97. The summed E-state index contributed by atoms with van der Waals surface area (Å²) in [6.45, 7) is 3.54. The lowest BCUT2D eigenvalue weighted by Gasteiger charge is -2.09. The van der Waals surface area contributed by atoms with Crippen LogP contribution in [0, 0.1) is 13.8 Å². The fourth-order valence-corrected chi connectivity index (χ4v) is 3.67. The Hall–Kier alpha value is -2.80. The molecule has 6 nitrogen and oxygen atoms in total. The van der Waals surface area contributed by atoms with Gasteiger partial charge >= 0.3 is 0 Å². The van der Waals surface area contributed by atoms with E-state index >= 15 is 0 Å². The summed E-state index contributed by atoms with van der Waals surface area (Å²) in [5.74, 6) is -1.20. The van der Waals surface area contributed by atoms with Gasteiger partial charge in [0.05, 0.1) is 4.91 Å². The number of benzene rings is 1. The molecule has 0 radical (unpaired) electrons. The summed E-state index contributed by atoms with van der Waals surface area (Å²) in [4.78, 5) is 36.4. The first-order valence-electron chi connectivity index (χ1n) is 7.66. The molecule has 0 aliphatic carbocycles. The molecule has 1 saturated heterocycles. The second-order valence-corrected chi connectivity index (χ2v) is 6.72. The topological polar surface area (TPSA) is 85.4 Å². The van der Waals surface area contributed by atoms with E-state index in [2.05, 4.69) is 4.57 Å². The molecule has 3 amide bonds. The van der Waals surface area contributed by atoms with Gasteiger partial charge < -0.3 is 10.3 Å². The van der Waals surface area contributed by atoms with Crippen LogP contribution in [0.5, 0.6) is 0 Å². The molecule has 2 aromatic rings. The first kappa shape index (κ1) is 17.0. The third-order valence-electron chi connectivity index (χ3n) is 3.96. The molecule has 0 unspecified atom stereocenters. The summed E-state index contributed by atoms with van der Waals surface area (Å²) < 4.78 is 2.08. The molecule has 1 aromatic heterocycles. The highest BCUT2D eigenvalue weighted by Crippen LogP contribution is 2.33. The highest BCUT2D eigenvalue weighted by molar-refractivity contribution is 8.18. The quantitative estimate of drug-likeness (QED) is 0.854. The van der Waals surface area contributed by atoms with Crippen LogP contribution in [0.15, 0.2) is 41.3 Å². The molecule has 2 N–H and O–H groups in total. The molecule has 0 saturated carbocycles. The van der Waals surface area contributed by atoms with Crippen molar-refractivity contribution in [2.45, 2.75) is 13.8 Å². The molecular formula is C18H17N3O3S. The zero-order chi connectivity index (χ0) is 18.1. The van der Waals surface area contributed by atoms with E-state index in [9.17, 15) is 14.4 Å². The SMILES string of the molecule is Cc1cc(/C=C2\SC(=O)N(CC(N)=O)C2=O)c(C)n1-c1ccccc1. The average Bonchev–Trinajstić information content (AvgIpc) is 2.99. The van der Waals surface area contributed by atoms with Crippen LogP contribution in [0.2, 0.25) is 0 Å². The van der Waals surface area contributed by atoms with Crippen molar-refractivity contribution < 1.29 is 14.4 Å². The van der Waals surface area contributed by atoms with E-state index in [0.717, 1.165) is 39.3 Å². The second-order valence-electron chi connectivity index (χ2n) is 5.73. The Morgan fingerprint density at radius 1 is 1.20 bits per heavy atom. The minimum Gasteiger partial charge on any atom is -0.368 e. The molecule has 2 heterocycles. The van der Waals surface area contributed by atoms with Gasteiger partial charge in [0.2, 0.25) is 5.91 Å². The molecule has 3 rings (SSSR count). The first-order valence-corrected chi connectivity index (χ1v) is 8.48. The molecule has 1 fully saturated rings. The zero-order valence-corrected chi connectivity index (χ0v) is 14.7. The summed E-state index contributed by atoms with van der Waals surface area (Å²) in [6.07, 6.45) is 1.69. The van der Waals surface area contributed by atoms with Crippen LogP contribution in [0.3, 0.4) is 0 Å². The van der Waals surface area contributed by atoms with Gasteiger partial charge in [0.1, 0.15) is 6.54 Å². The van der Waals surface area contributed by atoms with Gasteiger partial charge in [0.15, 0.2) is 0 Å². The van der Waals surface area contributed by atoms with E-state index in [1.54, 1.807) is 6.08 Å². The number of nitrogens with zero attached hydrogens (tertiary/aromatic N) is 2. The Labute approximate surface area is 149 Å². The molecule has 0 atom stereocenters. The lowest BCUT2D eigenvalue weighted by Crippen LogP contribution is -2.36. The van der Waals surface area contributed by atoms with Crippen molar-refractivity contribution in [3.8, 4) is 5.69 Å². The van der Waals surface area contributed by atoms with Gasteiger partial charge in [-0.3, -0.25) is 19.3 Å². The van der Waals surface area contributed by atoms with Crippen molar-refractivity contribution in [1.29, 1.82) is 0 Å². The molecule has 25 heavy (non-hydrogen) atoms. The monoisotopic (exact) mass is 355 g/mol. The third-order valence-corrected chi connectivity index (χ3v) is 4.87. The van der Waals surface area contributed by atoms with Crippen molar-refractivity contribution in [2.75, 3.05) is 6.54 Å². The van der Waals surface area contributed by atoms with Gasteiger partial charge in [-0.25, -0.2) is 0 Å². The lowest BCUT2D eigenvalue weighted by atomic mass is 10.2. The minimum absolute atomic E-state index is 0.291. The van der Waals surface area contributed by atoms with Crippen molar-refractivity contribution in [1.82, 2.24) is 9.47 Å². The van der Waals surface area contributed by atoms with Crippen LogP contribution in [-0.4, -0.2) is 33.1 Å². The van der Waals surface area contributed by atoms with Crippen molar-refractivity contribution in [3.05, 3.63) is 58.3 Å². The normalized spacial score (nSPS) is 16.1. The van der Waals surface area contributed by atoms with Crippen LogP contribution in [0.4, 0.5) is 4.79 Å². The van der Waals surface area contributed by atoms with Crippen LogP contribution >= 0.6 is 11.8 Å². The first-order chi connectivity index (χ1) is 11.9. The fourth-order valence-electron chi connectivity index (χ4n) is 2.84. The minimum atomic E-state index is -0.717. The zero-order valence-electron chi connectivity index (χ0n) is 13.9. The second kappa shape index (κ2) is 6.60. The summed E-state index contributed by atoms with van der Waals surface area (Å²) in [5.41, 5.74) is 8.95. The van der Waals surface area contributed by atoms with Gasteiger partial charge in [-0.05, 0) is 55.4 Å². The Morgan fingerprint density at radius 2 is 1.88 bits per heavy atom. The molecule has 128 valence electrons. The average molecular weight is 355 g/mol. The highest BCUT2D eigenvalue weighted by atomic mass is 32.2. The number of imide groups is 1. The summed E-state index contributed by atoms with van der Waals surface area (Å²) in [5, 5.41) is -0.480. The molecule has 1 aromatic carbocycles. The number of nitrogens with two attached hydrogens (primary N) is 1. The Morgan fingerprint density at radius 3 is 2.52 bits per heavy atom. The number of primary amides is 1. The predicted octanol–water partition coefficient (Wildman–Crippen LogP) is 2.62. The van der Waals surface area contributed by atoms with Crippen molar-refractivity contribution in [2.24, 2.45) is 5.73 Å². The molecule has 1 aliphatic heterocycles. The van der Waals surface area contributed by atoms with Gasteiger partial charge in [-0.15, -0.1) is 0 Å². The number of thioether (sulfide) groups is 1. The van der Waals surface area contributed by atoms with E-state index in [1.807, 2.05) is 50.2 Å². The molecule has 0 spiro atoms. The molecule has 7 heteroatoms. The summed E-state index contributed by atoms with van der Waals surface area (Å²) in [7, 11) is 0. The number of aryl methyl sites for hydroxylation is 1. The van der Waals surface area contributed by atoms with Crippen LogP contribution < -0.4 is 5.73 Å². The number of amides is 3.